The lowest BCUT2D eigenvalue weighted by Crippen LogP contribution is -2.60. The standard InChI is InChI=1S/C27H27F2NO.C2H2O4/c28-23-15-19(16-24(29)17-23)18-31-27-22-11-13-30(14-12-22)26(27)25(20-7-3-1-4-8-20)21-9-5-2-6-10-21;3-1(4)2(5)6/h1-10,15-17,22,25-27H,11-14,18H2;(H,3,4)(H,5,6)/t26-,27-;/m1./s1. The monoisotopic (exact) mass is 509 g/mol. The Labute approximate surface area is 214 Å². The highest BCUT2D eigenvalue weighted by Crippen LogP contribution is 2.43. The molecular formula is C29H29F2NO5. The van der Waals surface area contributed by atoms with Crippen LogP contribution >= 0.6 is 0 Å². The van der Waals surface area contributed by atoms with Gasteiger partial charge in [0.15, 0.2) is 0 Å². The van der Waals surface area contributed by atoms with E-state index < -0.39 is 23.6 Å². The van der Waals surface area contributed by atoms with E-state index in [0.717, 1.165) is 32.0 Å². The number of piperidine rings is 3. The topological polar surface area (TPSA) is 87.1 Å². The number of benzene rings is 3. The van der Waals surface area contributed by atoms with Crippen molar-refractivity contribution in [3.8, 4) is 0 Å². The maximum absolute atomic E-state index is 13.7. The lowest BCUT2D eigenvalue weighted by Gasteiger charge is -2.53. The first kappa shape index (κ1) is 26.4. The van der Waals surface area contributed by atoms with Crippen LogP contribution in [0.5, 0.6) is 0 Å². The van der Waals surface area contributed by atoms with Gasteiger partial charge in [0.25, 0.3) is 0 Å². The van der Waals surface area contributed by atoms with Gasteiger partial charge < -0.3 is 14.9 Å². The Hall–Kier alpha value is -3.62. The average Bonchev–Trinajstić information content (AvgIpc) is 2.90. The number of aliphatic carboxylic acids is 2. The quantitative estimate of drug-likeness (QED) is 0.458. The fourth-order valence-corrected chi connectivity index (χ4v) is 5.46. The van der Waals surface area contributed by atoms with Crippen molar-refractivity contribution >= 4 is 11.9 Å². The van der Waals surface area contributed by atoms with Gasteiger partial charge in [0.2, 0.25) is 0 Å². The van der Waals surface area contributed by atoms with Gasteiger partial charge in [-0.25, -0.2) is 18.4 Å². The summed E-state index contributed by atoms with van der Waals surface area (Å²) in [5.41, 5.74) is 3.09. The van der Waals surface area contributed by atoms with Gasteiger partial charge in [-0.15, -0.1) is 0 Å². The summed E-state index contributed by atoms with van der Waals surface area (Å²) in [4.78, 5) is 20.8. The van der Waals surface area contributed by atoms with Gasteiger partial charge in [0.05, 0.1) is 12.7 Å². The zero-order valence-corrected chi connectivity index (χ0v) is 20.2. The number of carboxylic acid groups (broad SMARTS) is 2. The fourth-order valence-electron chi connectivity index (χ4n) is 5.46. The van der Waals surface area contributed by atoms with Crippen LogP contribution in [0.15, 0.2) is 78.9 Å². The van der Waals surface area contributed by atoms with Crippen molar-refractivity contribution in [2.45, 2.75) is 37.5 Å². The summed E-state index contributed by atoms with van der Waals surface area (Å²) in [5.74, 6) is -4.13. The van der Waals surface area contributed by atoms with E-state index >= 15 is 0 Å². The molecule has 0 amide bonds. The Morgan fingerprint density at radius 3 is 1.78 bits per heavy atom. The molecular weight excluding hydrogens is 480 g/mol. The molecule has 3 saturated heterocycles. The van der Waals surface area contributed by atoms with Crippen molar-refractivity contribution in [3.05, 3.63) is 107 Å². The molecule has 2 bridgehead atoms. The lowest BCUT2D eigenvalue weighted by atomic mass is 9.72. The van der Waals surface area contributed by atoms with Crippen molar-refractivity contribution < 1.29 is 33.3 Å². The number of rotatable bonds is 6. The minimum atomic E-state index is -1.82. The summed E-state index contributed by atoms with van der Waals surface area (Å²) in [7, 11) is 0. The second kappa shape index (κ2) is 12.1. The number of carbonyl (C=O) groups is 2. The van der Waals surface area contributed by atoms with Crippen LogP contribution in [-0.2, 0) is 20.9 Å². The largest absolute Gasteiger partial charge is 0.473 e. The number of nitrogens with zero attached hydrogens (tertiary/aromatic N) is 1. The highest BCUT2D eigenvalue weighted by Gasteiger charge is 2.47. The van der Waals surface area contributed by atoms with Crippen molar-refractivity contribution in [2.75, 3.05) is 13.1 Å². The summed E-state index contributed by atoms with van der Waals surface area (Å²) < 4.78 is 33.8. The minimum absolute atomic E-state index is 0.0132. The molecule has 37 heavy (non-hydrogen) atoms. The number of halogens is 2. The van der Waals surface area contributed by atoms with Crippen LogP contribution in [0, 0.1) is 17.6 Å². The smallest absolute Gasteiger partial charge is 0.414 e. The highest BCUT2D eigenvalue weighted by molar-refractivity contribution is 6.27. The molecule has 0 radical (unpaired) electrons. The molecule has 3 aromatic rings. The first-order valence-electron chi connectivity index (χ1n) is 12.2. The maximum atomic E-state index is 13.7. The predicted molar refractivity (Wildman–Crippen MR) is 133 cm³/mol. The van der Waals surface area contributed by atoms with E-state index in [-0.39, 0.29) is 24.7 Å². The van der Waals surface area contributed by atoms with Crippen LogP contribution in [0.25, 0.3) is 0 Å². The number of hydrogen-bond donors (Lipinski definition) is 2. The molecule has 6 rings (SSSR count). The molecule has 0 aromatic heterocycles. The third-order valence-electron chi connectivity index (χ3n) is 7.00. The van der Waals surface area contributed by atoms with Crippen molar-refractivity contribution in [2.24, 2.45) is 5.92 Å². The third-order valence-corrected chi connectivity index (χ3v) is 7.00. The molecule has 194 valence electrons. The van der Waals surface area contributed by atoms with E-state index in [1.165, 1.54) is 23.3 Å². The molecule has 3 heterocycles. The van der Waals surface area contributed by atoms with E-state index in [9.17, 15) is 8.78 Å². The summed E-state index contributed by atoms with van der Waals surface area (Å²) in [5, 5.41) is 14.8. The van der Waals surface area contributed by atoms with E-state index in [1.54, 1.807) is 0 Å². The predicted octanol–water partition coefficient (Wildman–Crippen LogP) is 4.93. The fraction of sp³-hybridized carbons (Fsp3) is 0.310. The zero-order valence-electron chi connectivity index (χ0n) is 20.2. The SMILES string of the molecule is Fc1cc(F)cc(CO[C@@H]2C3CCN(CC3)[C@@H]2C(c2ccccc2)c2ccccc2)c1.O=C(O)C(=O)O. The van der Waals surface area contributed by atoms with Gasteiger partial charge in [0.1, 0.15) is 11.6 Å². The molecule has 6 nitrogen and oxygen atoms in total. The number of ether oxygens (including phenoxy) is 1. The molecule has 0 aliphatic carbocycles. The van der Waals surface area contributed by atoms with Crippen molar-refractivity contribution in [3.63, 3.8) is 0 Å². The van der Waals surface area contributed by atoms with Crippen molar-refractivity contribution in [1.82, 2.24) is 4.90 Å². The minimum Gasteiger partial charge on any atom is -0.473 e. The number of fused-ring (bicyclic) bond motifs is 3. The third kappa shape index (κ3) is 6.58. The number of carboxylic acids is 2. The molecule has 8 heteroatoms. The van der Waals surface area contributed by atoms with Gasteiger partial charge in [-0.3, -0.25) is 4.90 Å². The summed E-state index contributed by atoms with van der Waals surface area (Å²) >= 11 is 0. The molecule has 2 N–H and O–H groups in total. The highest BCUT2D eigenvalue weighted by atomic mass is 19.1. The Balaban J connectivity index is 0.000000480. The van der Waals surface area contributed by atoms with Gasteiger partial charge in [-0.1, -0.05) is 60.7 Å². The molecule has 3 fully saturated rings. The lowest BCUT2D eigenvalue weighted by molar-refractivity contribution is -0.159. The Morgan fingerprint density at radius 2 is 1.32 bits per heavy atom. The van der Waals surface area contributed by atoms with Crippen LogP contribution in [0.1, 0.15) is 35.4 Å². The summed E-state index contributed by atoms with van der Waals surface area (Å²) in [6, 6.07) is 25.1. The van der Waals surface area contributed by atoms with Gasteiger partial charge >= 0.3 is 11.9 Å². The second-order valence-corrected chi connectivity index (χ2v) is 9.33. The van der Waals surface area contributed by atoms with E-state index in [0.29, 0.717) is 11.5 Å². The Bertz CT molecular complexity index is 1130. The van der Waals surface area contributed by atoms with Crippen LogP contribution in [-0.4, -0.2) is 52.3 Å². The Morgan fingerprint density at radius 1 is 0.838 bits per heavy atom. The second-order valence-electron chi connectivity index (χ2n) is 9.33. The molecule has 3 aliphatic rings. The van der Waals surface area contributed by atoms with E-state index in [1.807, 2.05) is 12.1 Å². The summed E-state index contributed by atoms with van der Waals surface area (Å²) in [6.45, 7) is 2.36. The maximum Gasteiger partial charge on any atom is 0.414 e. The van der Waals surface area contributed by atoms with Crippen LogP contribution in [0.3, 0.4) is 0 Å². The molecule has 0 unspecified atom stereocenters. The normalized spacial score (nSPS) is 22.2. The van der Waals surface area contributed by atoms with Crippen LogP contribution in [0.4, 0.5) is 8.78 Å². The first-order chi connectivity index (χ1) is 17.8. The number of hydrogen-bond acceptors (Lipinski definition) is 4. The van der Waals surface area contributed by atoms with Crippen LogP contribution in [0.2, 0.25) is 0 Å². The molecule has 3 aliphatic heterocycles. The van der Waals surface area contributed by atoms with Gasteiger partial charge in [-0.05, 0) is 60.7 Å². The first-order valence-corrected chi connectivity index (χ1v) is 12.2. The zero-order chi connectivity index (χ0) is 26.4. The molecule has 2 atom stereocenters. The molecule has 3 aromatic carbocycles. The van der Waals surface area contributed by atoms with Crippen molar-refractivity contribution in [1.29, 1.82) is 0 Å². The Kier molecular flexibility index (Phi) is 8.63. The molecule has 0 saturated carbocycles. The average molecular weight is 510 g/mol. The van der Waals surface area contributed by atoms with Gasteiger partial charge in [0, 0.05) is 18.0 Å². The summed E-state index contributed by atoms with van der Waals surface area (Å²) in [6.07, 6.45) is 2.23. The molecule has 0 spiro atoms. The van der Waals surface area contributed by atoms with E-state index in [2.05, 4.69) is 53.4 Å². The van der Waals surface area contributed by atoms with Crippen LogP contribution < -0.4 is 0 Å². The van der Waals surface area contributed by atoms with Gasteiger partial charge in [-0.2, -0.15) is 0 Å². The van der Waals surface area contributed by atoms with E-state index in [4.69, 9.17) is 24.5 Å².